The molecule has 3 N–H and O–H groups in total. The van der Waals surface area contributed by atoms with Crippen molar-refractivity contribution in [3.63, 3.8) is 0 Å². The summed E-state index contributed by atoms with van der Waals surface area (Å²) in [5.74, 6) is 0.436. The Kier molecular flexibility index (Phi) is 5.41. The molecule has 3 fully saturated rings. The number of piperidine rings is 1. The molecule has 0 bridgehead atoms. The number of urea groups is 1. The maximum atomic E-state index is 12.3. The monoisotopic (exact) mass is 322 g/mol. The number of nitrogens with two attached hydrogens (primary N) is 1. The van der Waals surface area contributed by atoms with Gasteiger partial charge in [0.05, 0.1) is 5.92 Å². The van der Waals surface area contributed by atoms with Gasteiger partial charge < -0.3 is 20.9 Å². The van der Waals surface area contributed by atoms with Crippen LogP contribution < -0.4 is 11.1 Å². The molecule has 0 aromatic heterocycles. The second-order valence-electron chi connectivity index (χ2n) is 7.51. The maximum absolute atomic E-state index is 12.3. The Bertz CT molecular complexity index is 428. The Morgan fingerprint density at radius 2 is 1.70 bits per heavy atom. The number of nitrogens with zero attached hydrogens (tertiary/aromatic N) is 2. The fourth-order valence-electron chi connectivity index (χ4n) is 4.26. The highest BCUT2D eigenvalue weighted by Crippen LogP contribution is 2.26. The standard InChI is InChI=1S/C17H30N4O2/c18-16(22)14-5-10-21(12-14)17(23)19-15-6-8-20(9-7-15)11-13-3-1-2-4-13/h13-15H,1-12H2,(H2,18,22)(H,19,23)/t14-/m0/s1. The van der Waals surface area contributed by atoms with E-state index in [0.717, 1.165) is 31.8 Å². The average Bonchev–Trinajstić information content (AvgIpc) is 3.20. The van der Waals surface area contributed by atoms with Crippen LogP contribution in [0.15, 0.2) is 0 Å². The summed E-state index contributed by atoms with van der Waals surface area (Å²) in [7, 11) is 0. The van der Waals surface area contributed by atoms with Gasteiger partial charge in [0.1, 0.15) is 0 Å². The summed E-state index contributed by atoms with van der Waals surface area (Å²) in [5.41, 5.74) is 5.32. The van der Waals surface area contributed by atoms with Crippen molar-refractivity contribution in [1.82, 2.24) is 15.1 Å². The van der Waals surface area contributed by atoms with Crippen LogP contribution >= 0.6 is 0 Å². The van der Waals surface area contributed by atoms with Gasteiger partial charge in [-0.3, -0.25) is 4.79 Å². The first kappa shape index (κ1) is 16.6. The molecule has 2 heterocycles. The van der Waals surface area contributed by atoms with E-state index in [2.05, 4.69) is 10.2 Å². The van der Waals surface area contributed by atoms with E-state index in [1.807, 2.05) is 0 Å². The van der Waals surface area contributed by atoms with Gasteiger partial charge in [-0.1, -0.05) is 12.8 Å². The van der Waals surface area contributed by atoms with Crippen LogP contribution in [-0.2, 0) is 4.79 Å². The van der Waals surface area contributed by atoms with Crippen LogP contribution in [0.25, 0.3) is 0 Å². The van der Waals surface area contributed by atoms with Gasteiger partial charge in [0, 0.05) is 38.8 Å². The van der Waals surface area contributed by atoms with Gasteiger partial charge in [-0.15, -0.1) is 0 Å². The van der Waals surface area contributed by atoms with Crippen LogP contribution in [0.3, 0.4) is 0 Å². The van der Waals surface area contributed by atoms with Gasteiger partial charge in [-0.25, -0.2) is 4.79 Å². The number of likely N-dealkylation sites (tertiary alicyclic amines) is 2. The van der Waals surface area contributed by atoms with Crippen molar-refractivity contribution >= 4 is 11.9 Å². The Hall–Kier alpha value is -1.30. The largest absolute Gasteiger partial charge is 0.369 e. The molecular weight excluding hydrogens is 292 g/mol. The van der Waals surface area contributed by atoms with Crippen molar-refractivity contribution in [3.8, 4) is 0 Å². The van der Waals surface area contributed by atoms with E-state index < -0.39 is 0 Å². The van der Waals surface area contributed by atoms with Crippen molar-refractivity contribution in [2.24, 2.45) is 17.6 Å². The smallest absolute Gasteiger partial charge is 0.317 e. The van der Waals surface area contributed by atoms with E-state index in [0.29, 0.717) is 19.5 Å². The van der Waals surface area contributed by atoms with Gasteiger partial charge in [-0.05, 0) is 38.0 Å². The van der Waals surface area contributed by atoms with Crippen LogP contribution in [-0.4, -0.2) is 60.5 Å². The normalized spacial score (nSPS) is 27.5. The fraction of sp³-hybridized carbons (Fsp3) is 0.882. The van der Waals surface area contributed by atoms with Crippen LogP contribution in [0, 0.1) is 11.8 Å². The van der Waals surface area contributed by atoms with E-state index in [-0.39, 0.29) is 23.9 Å². The summed E-state index contributed by atoms with van der Waals surface area (Å²) in [5, 5.41) is 3.14. The van der Waals surface area contributed by atoms with Crippen LogP contribution in [0.4, 0.5) is 4.79 Å². The highest BCUT2D eigenvalue weighted by atomic mass is 16.2. The second kappa shape index (κ2) is 7.51. The number of hydrogen-bond donors (Lipinski definition) is 2. The zero-order chi connectivity index (χ0) is 16.2. The minimum Gasteiger partial charge on any atom is -0.369 e. The first-order chi connectivity index (χ1) is 11.1. The highest BCUT2D eigenvalue weighted by molar-refractivity contribution is 5.80. The van der Waals surface area contributed by atoms with Gasteiger partial charge in [-0.2, -0.15) is 0 Å². The number of carbonyl (C=O) groups excluding carboxylic acids is 2. The van der Waals surface area contributed by atoms with Gasteiger partial charge in [0.2, 0.25) is 5.91 Å². The summed E-state index contributed by atoms with van der Waals surface area (Å²) < 4.78 is 0. The molecule has 1 aliphatic carbocycles. The predicted octanol–water partition coefficient (Wildman–Crippen LogP) is 1.16. The van der Waals surface area contributed by atoms with Crippen LogP contribution in [0.5, 0.6) is 0 Å². The van der Waals surface area contributed by atoms with E-state index >= 15 is 0 Å². The maximum Gasteiger partial charge on any atom is 0.317 e. The topological polar surface area (TPSA) is 78.7 Å². The molecule has 23 heavy (non-hydrogen) atoms. The summed E-state index contributed by atoms with van der Waals surface area (Å²) >= 11 is 0. The van der Waals surface area contributed by atoms with Crippen molar-refractivity contribution in [2.75, 3.05) is 32.7 Å². The first-order valence-electron chi connectivity index (χ1n) is 9.19. The number of carbonyl (C=O) groups is 2. The molecule has 6 nitrogen and oxygen atoms in total. The zero-order valence-corrected chi connectivity index (χ0v) is 14.0. The molecule has 1 atom stereocenters. The Labute approximate surface area is 138 Å². The summed E-state index contributed by atoms with van der Waals surface area (Å²) in [6.07, 6.45) is 8.36. The third kappa shape index (κ3) is 4.37. The Balaban J connectivity index is 1.37. The molecule has 1 saturated carbocycles. The number of amides is 3. The lowest BCUT2D eigenvalue weighted by Gasteiger charge is -2.34. The van der Waals surface area contributed by atoms with Crippen molar-refractivity contribution in [3.05, 3.63) is 0 Å². The molecule has 130 valence electrons. The molecule has 0 unspecified atom stereocenters. The number of hydrogen-bond acceptors (Lipinski definition) is 3. The summed E-state index contributed by atoms with van der Waals surface area (Å²) in [4.78, 5) is 27.8. The van der Waals surface area contributed by atoms with E-state index in [1.54, 1.807) is 4.90 Å². The second-order valence-corrected chi connectivity index (χ2v) is 7.51. The fourth-order valence-corrected chi connectivity index (χ4v) is 4.26. The third-order valence-electron chi connectivity index (χ3n) is 5.78. The summed E-state index contributed by atoms with van der Waals surface area (Å²) in [6.45, 7) is 4.53. The van der Waals surface area contributed by atoms with Gasteiger partial charge in [0.25, 0.3) is 0 Å². The molecule has 0 radical (unpaired) electrons. The number of nitrogens with one attached hydrogen (secondary N) is 1. The van der Waals surface area contributed by atoms with Crippen molar-refractivity contribution in [1.29, 1.82) is 0 Å². The molecule has 3 amide bonds. The quantitative estimate of drug-likeness (QED) is 0.815. The number of rotatable bonds is 4. The lowest BCUT2D eigenvalue weighted by Crippen LogP contribution is -2.49. The molecule has 3 aliphatic rings. The highest BCUT2D eigenvalue weighted by Gasteiger charge is 2.31. The van der Waals surface area contributed by atoms with Gasteiger partial charge in [0.15, 0.2) is 0 Å². The molecule has 2 saturated heterocycles. The minimum absolute atomic E-state index is 0.0250. The number of primary amides is 1. The SMILES string of the molecule is NC(=O)[C@H]1CCN(C(=O)NC2CCN(CC3CCCC3)CC2)C1. The first-order valence-corrected chi connectivity index (χ1v) is 9.19. The molecule has 0 aromatic rings. The van der Waals surface area contributed by atoms with E-state index in [4.69, 9.17) is 5.73 Å². The average molecular weight is 322 g/mol. The molecule has 2 aliphatic heterocycles. The van der Waals surface area contributed by atoms with E-state index in [9.17, 15) is 9.59 Å². The third-order valence-corrected chi connectivity index (χ3v) is 5.78. The zero-order valence-electron chi connectivity index (χ0n) is 14.0. The van der Waals surface area contributed by atoms with Crippen molar-refractivity contribution in [2.45, 2.75) is 51.0 Å². The van der Waals surface area contributed by atoms with Crippen molar-refractivity contribution < 1.29 is 9.59 Å². The minimum atomic E-state index is -0.291. The predicted molar refractivity (Wildman–Crippen MR) is 88.8 cm³/mol. The Morgan fingerprint density at radius 1 is 1.00 bits per heavy atom. The molecule has 3 rings (SSSR count). The molecule has 0 spiro atoms. The van der Waals surface area contributed by atoms with E-state index in [1.165, 1.54) is 32.2 Å². The molecule has 6 heteroatoms. The lowest BCUT2D eigenvalue weighted by atomic mass is 10.0. The van der Waals surface area contributed by atoms with Gasteiger partial charge >= 0.3 is 6.03 Å². The van der Waals surface area contributed by atoms with Crippen LogP contribution in [0.1, 0.15) is 44.9 Å². The lowest BCUT2D eigenvalue weighted by molar-refractivity contribution is -0.121. The molecular formula is C17H30N4O2. The Morgan fingerprint density at radius 3 is 2.30 bits per heavy atom. The molecule has 0 aromatic carbocycles. The summed E-state index contributed by atoms with van der Waals surface area (Å²) in [6, 6.07) is 0.248. The van der Waals surface area contributed by atoms with Crippen LogP contribution in [0.2, 0.25) is 0 Å².